The minimum absolute atomic E-state index is 0.0487. The van der Waals surface area contributed by atoms with Crippen molar-refractivity contribution in [3.63, 3.8) is 0 Å². The van der Waals surface area contributed by atoms with Crippen LogP contribution in [0.1, 0.15) is 22.9 Å². The molecule has 0 aliphatic heterocycles. The van der Waals surface area contributed by atoms with Gasteiger partial charge in [-0.05, 0) is 29.8 Å². The second-order valence-electron chi connectivity index (χ2n) is 7.74. The molecule has 0 aliphatic rings. The van der Waals surface area contributed by atoms with Gasteiger partial charge in [-0.15, -0.1) is 0 Å². The molecule has 0 fully saturated rings. The molecule has 0 saturated heterocycles. The molecule has 178 valence electrons. The van der Waals surface area contributed by atoms with Crippen molar-refractivity contribution in [1.29, 1.82) is 5.26 Å². The van der Waals surface area contributed by atoms with Gasteiger partial charge >= 0.3 is 0 Å². The summed E-state index contributed by atoms with van der Waals surface area (Å²) in [6, 6.07) is 17.8. The van der Waals surface area contributed by atoms with E-state index >= 15 is 0 Å². The first kappa shape index (κ1) is 23.8. The van der Waals surface area contributed by atoms with E-state index in [9.17, 15) is 9.65 Å². The Morgan fingerprint density at radius 1 is 1.00 bits per heavy atom. The second-order valence-corrected chi connectivity index (χ2v) is 8.94. The smallest absolute Gasteiger partial charge is 0.166 e. The van der Waals surface area contributed by atoms with Gasteiger partial charge in [0.05, 0.1) is 49.8 Å². The summed E-state index contributed by atoms with van der Waals surface area (Å²) in [6.45, 7) is 0. The van der Waals surface area contributed by atoms with Crippen molar-refractivity contribution >= 4 is 62.8 Å². The van der Waals surface area contributed by atoms with Crippen LogP contribution in [0.15, 0.2) is 67.0 Å². The number of aromatic amines is 1. The van der Waals surface area contributed by atoms with Crippen LogP contribution in [0, 0.1) is 17.1 Å². The monoisotopic (exact) mass is 537 g/mol. The van der Waals surface area contributed by atoms with Crippen LogP contribution in [-0.4, -0.2) is 20.4 Å². The second kappa shape index (κ2) is 9.99. The third-order valence-corrected chi connectivity index (χ3v) is 6.58. The highest BCUT2D eigenvalue weighted by atomic mass is 35.5. The van der Waals surface area contributed by atoms with E-state index < -0.39 is 5.82 Å². The molecule has 3 N–H and O–H groups in total. The maximum Gasteiger partial charge on any atom is 0.166 e. The average Bonchev–Trinajstić information content (AvgIpc) is 3.43. The summed E-state index contributed by atoms with van der Waals surface area (Å²) in [6.07, 6.45) is 3.00. The molecule has 2 aromatic heterocycles. The Hall–Kier alpha value is -3.90. The standard InChI is InChI=1S/C25H15Cl3FN7/c26-17-6-7-19(22(29)21(17)28)34-23-14(10-30)11-31-25-16(23)8-15(9-18(25)27)33-24(20-12-32-36-35-20)13-4-2-1-3-5-13/h1-9,11-12,24,33H,(H,31,34)(H,32,35,36)/t24-/m0/s1. The first-order valence-corrected chi connectivity index (χ1v) is 11.7. The molecular weight excluding hydrogens is 524 g/mol. The van der Waals surface area contributed by atoms with Crippen LogP contribution in [0.2, 0.25) is 15.1 Å². The van der Waals surface area contributed by atoms with Gasteiger partial charge < -0.3 is 10.6 Å². The van der Waals surface area contributed by atoms with Crippen molar-refractivity contribution in [2.75, 3.05) is 10.6 Å². The highest BCUT2D eigenvalue weighted by Gasteiger charge is 2.20. The maximum absolute atomic E-state index is 14.8. The van der Waals surface area contributed by atoms with E-state index in [0.29, 0.717) is 33.0 Å². The zero-order valence-corrected chi connectivity index (χ0v) is 20.5. The summed E-state index contributed by atoms with van der Waals surface area (Å²) < 4.78 is 14.8. The van der Waals surface area contributed by atoms with E-state index in [4.69, 9.17) is 34.8 Å². The summed E-state index contributed by atoms with van der Waals surface area (Å²) >= 11 is 18.5. The van der Waals surface area contributed by atoms with Crippen molar-refractivity contribution in [1.82, 2.24) is 20.4 Å². The number of fused-ring (bicyclic) bond motifs is 1. The van der Waals surface area contributed by atoms with Gasteiger partial charge in [0.25, 0.3) is 0 Å². The van der Waals surface area contributed by atoms with Gasteiger partial charge in [-0.3, -0.25) is 4.98 Å². The quantitative estimate of drug-likeness (QED) is 0.197. The number of nitrogens with zero attached hydrogens (tertiary/aromatic N) is 4. The fourth-order valence-corrected chi connectivity index (χ4v) is 4.39. The average molecular weight is 539 g/mol. The summed E-state index contributed by atoms with van der Waals surface area (Å²) in [5.41, 5.74) is 3.23. The maximum atomic E-state index is 14.8. The molecule has 0 spiro atoms. The molecule has 0 amide bonds. The number of rotatable bonds is 6. The van der Waals surface area contributed by atoms with E-state index in [0.717, 1.165) is 5.56 Å². The van der Waals surface area contributed by atoms with Crippen LogP contribution in [0.5, 0.6) is 0 Å². The molecule has 0 bridgehead atoms. The van der Waals surface area contributed by atoms with Gasteiger partial charge in [0.1, 0.15) is 11.8 Å². The lowest BCUT2D eigenvalue weighted by atomic mass is 10.0. The van der Waals surface area contributed by atoms with Gasteiger partial charge in [0.2, 0.25) is 0 Å². The molecule has 0 unspecified atom stereocenters. The van der Waals surface area contributed by atoms with Crippen molar-refractivity contribution < 1.29 is 4.39 Å². The first-order valence-electron chi connectivity index (χ1n) is 10.6. The zero-order valence-electron chi connectivity index (χ0n) is 18.2. The van der Waals surface area contributed by atoms with Gasteiger partial charge in [-0.25, -0.2) is 4.39 Å². The molecule has 0 saturated carbocycles. The van der Waals surface area contributed by atoms with E-state index in [2.05, 4.69) is 37.1 Å². The highest BCUT2D eigenvalue weighted by Crippen LogP contribution is 2.38. The lowest BCUT2D eigenvalue weighted by molar-refractivity contribution is 0.632. The number of hydrogen-bond donors (Lipinski definition) is 3. The lowest BCUT2D eigenvalue weighted by Crippen LogP contribution is -2.13. The van der Waals surface area contributed by atoms with E-state index in [1.54, 1.807) is 18.3 Å². The number of H-pyrrole nitrogens is 1. The number of anilines is 3. The van der Waals surface area contributed by atoms with Crippen LogP contribution >= 0.6 is 34.8 Å². The predicted molar refractivity (Wildman–Crippen MR) is 139 cm³/mol. The summed E-state index contributed by atoms with van der Waals surface area (Å²) in [5, 5.41) is 27.6. The Kier molecular flexibility index (Phi) is 6.61. The summed E-state index contributed by atoms with van der Waals surface area (Å²) in [7, 11) is 0. The molecule has 5 aromatic rings. The molecule has 11 heteroatoms. The molecule has 5 rings (SSSR count). The number of pyridine rings is 1. The van der Waals surface area contributed by atoms with Crippen LogP contribution < -0.4 is 10.6 Å². The van der Waals surface area contributed by atoms with E-state index in [1.807, 2.05) is 30.3 Å². The summed E-state index contributed by atoms with van der Waals surface area (Å²) in [5.74, 6) is -0.742. The fraction of sp³-hybridized carbons (Fsp3) is 0.0400. The van der Waals surface area contributed by atoms with Gasteiger partial charge in [0, 0.05) is 17.3 Å². The topological polar surface area (TPSA) is 102 Å². The largest absolute Gasteiger partial charge is 0.373 e. The molecule has 1 atom stereocenters. The summed E-state index contributed by atoms with van der Waals surface area (Å²) in [4.78, 5) is 4.35. The Balaban J connectivity index is 1.63. The number of nitrogens with one attached hydrogen (secondary N) is 3. The number of aromatic nitrogens is 4. The zero-order chi connectivity index (χ0) is 25.2. The Labute approximate surface area is 219 Å². The van der Waals surface area contributed by atoms with E-state index in [1.165, 1.54) is 18.3 Å². The predicted octanol–water partition coefficient (Wildman–Crippen LogP) is 7.27. The fourth-order valence-electron chi connectivity index (χ4n) is 3.81. The molecule has 2 heterocycles. The third kappa shape index (κ3) is 4.52. The van der Waals surface area contributed by atoms with Crippen molar-refractivity contribution in [3.8, 4) is 6.07 Å². The first-order chi connectivity index (χ1) is 17.5. The van der Waals surface area contributed by atoms with Crippen molar-refractivity contribution in [2.45, 2.75) is 6.04 Å². The van der Waals surface area contributed by atoms with Crippen LogP contribution in [-0.2, 0) is 0 Å². The van der Waals surface area contributed by atoms with E-state index in [-0.39, 0.29) is 27.3 Å². The van der Waals surface area contributed by atoms with Gasteiger partial charge in [-0.2, -0.15) is 20.7 Å². The minimum atomic E-state index is -0.742. The van der Waals surface area contributed by atoms with Gasteiger partial charge in [-0.1, -0.05) is 65.1 Å². The molecule has 7 nitrogen and oxygen atoms in total. The Morgan fingerprint density at radius 2 is 1.81 bits per heavy atom. The van der Waals surface area contributed by atoms with Crippen LogP contribution in [0.3, 0.4) is 0 Å². The van der Waals surface area contributed by atoms with Gasteiger partial charge in [0.15, 0.2) is 5.82 Å². The molecule has 0 aliphatic carbocycles. The normalized spacial score (nSPS) is 11.8. The Morgan fingerprint density at radius 3 is 2.53 bits per heavy atom. The SMILES string of the molecule is N#Cc1cnc2c(Cl)cc(N[C@@H](c3ccccc3)c3cn[nH]n3)cc2c1Nc1ccc(Cl)c(Cl)c1F. The number of halogens is 4. The van der Waals surface area contributed by atoms with Crippen LogP contribution in [0.4, 0.5) is 21.5 Å². The number of benzene rings is 3. The molecular formula is C25H15Cl3FN7. The third-order valence-electron chi connectivity index (χ3n) is 5.51. The highest BCUT2D eigenvalue weighted by molar-refractivity contribution is 6.42. The minimum Gasteiger partial charge on any atom is -0.373 e. The number of hydrogen-bond acceptors (Lipinski definition) is 6. The number of nitriles is 1. The molecule has 3 aromatic carbocycles. The molecule has 0 radical (unpaired) electrons. The molecule has 36 heavy (non-hydrogen) atoms. The van der Waals surface area contributed by atoms with Crippen molar-refractivity contribution in [2.24, 2.45) is 0 Å². The lowest BCUT2D eigenvalue weighted by Gasteiger charge is -2.20. The Bertz CT molecular complexity index is 1600. The van der Waals surface area contributed by atoms with Crippen LogP contribution in [0.25, 0.3) is 10.9 Å². The van der Waals surface area contributed by atoms with Crippen molar-refractivity contribution in [3.05, 3.63) is 105 Å².